The van der Waals surface area contributed by atoms with Gasteiger partial charge in [-0.15, -0.1) is 0 Å². The van der Waals surface area contributed by atoms with Gasteiger partial charge in [-0.3, -0.25) is 4.90 Å². The molecule has 0 radical (unpaired) electrons. The molecule has 0 amide bonds. The smallest absolute Gasteiger partial charge is 0.163 e. The van der Waals surface area contributed by atoms with Crippen LogP contribution in [0.4, 0.5) is 8.78 Å². The maximum absolute atomic E-state index is 13.8. The number of ether oxygens (including phenoxy) is 1. The zero-order valence-corrected chi connectivity index (χ0v) is 10.7. The summed E-state index contributed by atoms with van der Waals surface area (Å²) in [5.74, 6) is -1.72. The van der Waals surface area contributed by atoms with Crippen molar-refractivity contribution in [3.63, 3.8) is 0 Å². The van der Waals surface area contributed by atoms with Gasteiger partial charge in [-0.05, 0) is 25.5 Å². The Bertz CT molecular complexity index is 469. The molecule has 2 aliphatic rings. The van der Waals surface area contributed by atoms with Gasteiger partial charge in [0.1, 0.15) is 0 Å². The largest absolute Gasteiger partial charge is 0.373 e. The molecule has 1 aromatic carbocycles. The monoisotopic (exact) mass is 268 g/mol. The Morgan fingerprint density at radius 1 is 1.37 bits per heavy atom. The van der Waals surface area contributed by atoms with E-state index in [0.717, 1.165) is 19.0 Å². The van der Waals surface area contributed by atoms with Crippen LogP contribution < -0.4 is 5.73 Å². The third-order valence-electron chi connectivity index (χ3n) is 4.16. The molecule has 5 heteroatoms. The van der Waals surface area contributed by atoms with Crippen molar-refractivity contribution in [2.45, 2.75) is 31.0 Å². The third kappa shape index (κ3) is 2.38. The molecular formula is C14H18F2N2O. The Hall–Kier alpha value is -1.04. The summed E-state index contributed by atoms with van der Waals surface area (Å²) in [6.07, 6.45) is 2.05. The molecule has 3 atom stereocenters. The molecule has 2 N–H and O–H groups in total. The van der Waals surface area contributed by atoms with Gasteiger partial charge in [0.2, 0.25) is 0 Å². The summed E-state index contributed by atoms with van der Waals surface area (Å²) in [5.41, 5.74) is 6.26. The van der Waals surface area contributed by atoms with E-state index in [1.165, 1.54) is 18.6 Å². The second-order valence-corrected chi connectivity index (χ2v) is 5.33. The fraction of sp³-hybridized carbons (Fsp3) is 0.571. The van der Waals surface area contributed by atoms with Crippen LogP contribution >= 0.6 is 0 Å². The minimum absolute atomic E-state index is 0.197. The number of hydrogen-bond donors (Lipinski definition) is 1. The molecule has 1 aromatic rings. The van der Waals surface area contributed by atoms with E-state index in [4.69, 9.17) is 10.5 Å². The van der Waals surface area contributed by atoms with Crippen LogP contribution in [-0.4, -0.2) is 36.7 Å². The first kappa shape index (κ1) is 13.0. The normalized spacial score (nSPS) is 29.2. The molecule has 2 fully saturated rings. The highest BCUT2D eigenvalue weighted by atomic mass is 19.2. The maximum Gasteiger partial charge on any atom is 0.163 e. The van der Waals surface area contributed by atoms with Gasteiger partial charge in [-0.2, -0.15) is 0 Å². The fourth-order valence-corrected chi connectivity index (χ4v) is 3.04. The van der Waals surface area contributed by atoms with Crippen LogP contribution in [0.15, 0.2) is 18.2 Å². The molecule has 3 rings (SSSR count). The molecule has 3 nitrogen and oxygen atoms in total. The molecule has 2 aliphatic heterocycles. The van der Waals surface area contributed by atoms with Gasteiger partial charge in [-0.25, -0.2) is 8.78 Å². The predicted octanol–water partition coefficient (Wildman–Crippen LogP) is 1.83. The van der Waals surface area contributed by atoms with Gasteiger partial charge in [0, 0.05) is 18.2 Å². The lowest BCUT2D eigenvalue weighted by Crippen LogP contribution is -2.49. The zero-order chi connectivity index (χ0) is 13.4. The van der Waals surface area contributed by atoms with Gasteiger partial charge >= 0.3 is 0 Å². The number of nitrogens with two attached hydrogens (primary N) is 1. The fourth-order valence-electron chi connectivity index (χ4n) is 3.04. The molecular weight excluding hydrogens is 250 g/mol. The number of fused-ring (bicyclic) bond motifs is 1. The van der Waals surface area contributed by atoms with E-state index in [9.17, 15) is 8.78 Å². The van der Waals surface area contributed by atoms with Gasteiger partial charge in [-0.1, -0.05) is 12.1 Å². The maximum atomic E-state index is 13.8. The lowest BCUT2D eigenvalue weighted by atomic mass is 9.99. The highest BCUT2D eigenvalue weighted by Gasteiger charge is 2.35. The molecule has 104 valence electrons. The van der Waals surface area contributed by atoms with Crippen LogP contribution in [0.25, 0.3) is 0 Å². The van der Waals surface area contributed by atoms with E-state index in [0.29, 0.717) is 19.2 Å². The van der Waals surface area contributed by atoms with Crippen LogP contribution in [-0.2, 0) is 4.74 Å². The van der Waals surface area contributed by atoms with Crippen LogP contribution in [0.2, 0.25) is 0 Å². The number of hydrogen-bond acceptors (Lipinski definition) is 3. The van der Waals surface area contributed by atoms with E-state index < -0.39 is 17.7 Å². The van der Waals surface area contributed by atoms with Crippen LogP contribution in [0.3, 0.4) is 0 Å². The molecule has 0 aliphatic carbocycles. The lowest BCUT2D eigenvalue weighted by molar-refractivity contribution is -0.0601. The minimum Gasteiger partial charge on any atom is -0.373 e. The minimum atomic E-state index is -0.859. The molecule has 0 bridgehead atoms. The number of benzene rings is 1. The van der Waals surface area contributed by atoms with E-state index in [1.54, 1.807) is 0 Å². The molecule has 3 unspecified atom stereocenters. The Labute approximate surface area is 111 Å². The van der Waals surface area contributed by atoms with Crippen molar-refractivity contribution < 1.29 is 13.5 Å². The first-order valence-corrected chi connectivity index (χ1v) is 6.72. The standard InChI is InChI=1S/C14H18F2N2O/c15-11-5-1-4-10(13(11)16)14(17)12-7-18-6-2-3-9(18)8-19-12/h1,4-5,9,12,14H,2-3,6-8,17H2. The summed E-state index contributed by atoms with van der Waals surface area (Å²) in [5, 5.41) is 0. The summed E-state index contributed by atoms with van der Waals surface area (Å²) in [4.78, 5) is 2.34. The van der Waals surface area contributed by atoms with Crippen molar-refractivity contribution in [3.05, 3.63) is 35.4 Å². The van der Waals surface area contributed by atoms with Crippen molar-refractivity contribution >= 4 is 0 Å². The predicted molar refractivity (Wildman–Crippen MR) is 67.6 cm³/mol. The van der Waals surface area contributed by atoms with Crippen LogP contribution in [0.1, 0.15) is 24.4 Å². The molecule has 0 saturated carbocycles. The average molecular weight is 268 g/mol. The first-order chi connectivity index (χ1) is 9.16. The second-order valence-electron chi connectivity index (χ2n) is 5.33. The second kappa shape index (κ2) is 5.15. The molecule has 0 aromatic heterocycles. The molecule has 2 heterocycles. The van der Waals surface area contributed by atoms with Crippen molar-refractivity contribution in [1.29, 1.82) is 0 Å². The lowest BCUT2D eigenvalue weighted by Gasteiger charge is -2.37. The molecule has 2 saturated heterocycles. The Morgan fingerprint density at radius 2 is 2.21 bits per heavy atom. The zero-order valence-electron chi connectivity index (χ0n) is 10.7. The van der Waals surface area contributed by atoms with E-state index >= 15 is 0 Å². The van der Waals surface area contributed by atoms with E-state index in [2.05, 4.69) is 4.90 Å². The molecule has 19 heavy (non-hydrogen) atoms. The average Bonchev–Trinajstić information content (AvgIpc) is 2.88. The van der Waals surface area contributed by atoms with Gasteiger partial charge in [0.15, 0.2) is 11.6 Å². The van der Waals surface area contributed by atoms with Gasteiger partial charge in [0.25, 0.3) is 0 Å². The summed E-state index contributed by atoms with van der Waals surface area (Å²) in [7, 11) is 0. The van der Waals surface area contributed by atoms with Crippen LogP contribution in [0, 0.1) is 11.6 Å². The summed E-state index contributed by atoms with van der Waals surface area (Å²) < 4.78 is 32.7. The topological polar surface area (TPSA) is 38.5 Å². The number of nitrogens with zero attached hydrogens (tertiary/aromatic N) is 1. The number of rotatable bonds is 2. The van der Waals surface area contributed by atoms with Crippen molar-refractivity contribution in [2.24, 2.45) is 5.73 Å². The highest BCUT2D eigenvalue weighted by molar-refractivity contribution is 5.23. The van der Waals surface area contributed by atoms with Crippen molar-refractivity contribution in [3.8, 4) is 0 Å². The van der Waals surface area contributed by atoms with E-state index in [-0.39, 0.29) is 11.7 Å². The highest BCUT2D eigenvalue weighted by Crippen LogP contribution is 2.29. The SMILES string of the molecule is NC(c1cccc(F)c1F)C1CN2CCCC2CO1. The van der Waals surface area contributed by atoms with Crippen LogP contribution in [0.5, 0.6) is 0 Å². The van der Waals surface area contributed by atoms with Gasteiger partial charge < -0.3 is 10.5 Å². The quantitative estimate of drug-likeness (QED) is 0.889. The Morgan fingerprint density at radius 3 is 3.05 bits per heavy atom. The number of halogens is 2. The van der Waals surface area contributed by atoms with E-state index in [1.807, 2.05) is 0 Å². The van der Waals surface area contributed by atoms with Crippen molar-refractivity contribution in [2.75, 3.05) is 19.7 Å². The summed E-state index contributed by atoms with van der Waals surface area (Å²) >= 11 is 0. The first-order valence-electron chi connectivity index (χ1n) is 6.72. The Kier molecular flexibility index (Phi) is 3.52. The summed E-state index contributed by atoms with van der Waals surface area (Å²) in [6.45, 7) is 2.37. The summed E-state index contributed by atoms with van der Waals surface area (Å²) in [6, 6.07) is 3.96. The van der Waals surface area contributed by atoms with Gasteiger partial charge in [0.05, 0.1) is 18.8 Å². The third-order valence-corrected chi connectivity index (χ3v) is 4.16. The van der Waals surface area contributed by atoms with Crippen molar-refractivity contribution in [1.82, 2.24) is 4.90 Å². The Balaban J connectivity index is 1.76. The number of morpholine rings is 1. The molecule has 0 spiro atoms.